The fourth-order valence-electron chi connectivity index (χ4n) is 4.35. The van der Waals surface area contributed by atoms with Gasteiger partial charge in [0.1, 0.15) is 23.0 Å². The lowest BCUT2D eigenvalue weighted by Gasteiger charge is -2.28. The van der Waals surface area contributed by atoms with Crippen molar-refractivity contribution in [2.24, 2.45) is 10.7 Å². The number of guanidine groups is 1. The van der Waals surface area contributed by atoms with Gasteiger partial charge in [-0.05, 0) is 35.4 Å². The molecule has 0 saturated heterocycles. The van der Waals surface area contributed by atoms with Crippen molar-refractivity contribution in [3.63, 3.8) is 0 Å². The van der Waals surface area contributed by atoms with Gasteiger partial charge in [0.25, 0.3) is 5.91 Å². The Labute approximate surface area is 221 Å². The largest absolute Gasteiger partial charge is 0.497 e. The van der Waals surface area contributed by atoms with Crippen LogP contribution in [-0.2, 0) is 25.2 Å². The lowest BCUT2D eigenvalue weighted by Crippen LogP contribution is -2.41. The first-order valence-corrected chi connectivity index (χ1v) is 13.2. The van der Waals surface area contributed by atoms with Gasteiger partial charge in [-0.3, -0.25) is 9.69 Å². The minimum Gasteiger partial charge on any atom is -0.497 e. The third kappa shape index (κ3) is 4.90. The number of amides is 1. The molecule has 1 unspecified atom stereocenters. The van der Waals surface area contributed by atoms with Gasteiger partial charge in [0.15, 0.2) is 11.5 Å². The normalized spacial score (nSPS) is 17.3. The summed E-state index contributed by atoms with van der Waals surface area (Å²) in [6.07, 6.45) is 0. The van der Waals surface area contributed by atoms with Gasteiger partial charge in [0.2, 0.25) is 0 Å². The molecule has 1 amide bonds. The third-order valence-corrected chi connectivity index (χ3v) is 7.38. The first kappa shape index (κ1) is 27.0. The van der Waals surface area contributed by atoms with Crippen LogP contribution < -0.4 is 19.4 Å². The summed E-state index contributed by atoms with van der Waals surface area (Å²) < 4.78 is 45.6. The molecule has 1 heterocycles. The summed E-state index contributed by atoms with van der Waals surface area (Å²) in [6.45, 7) is 0.00177. The van der Waals surface area contributed by atoms with E-state index in [2.05, 4.69) is 4.99 Å². The number of likely N-dealkylation sites (N-methyl/N-ethyl adjacent to an activating group) is 1. The van der Waals surface area contributed by atoms with E-state index in [0.717, 1.165) is 11.1 Å². The molecule has 200 valence electrons. The van der Waals surface area contributed by atoms with Gasteiger partial charge in [-0.25, -0.2) is 4.99 Å². The summed E-state index contributed by atoms with van der Waals surface area (Å²) in [5, 5.41) is 0. The molecule has 38 heavy (non-hydrogen) atoms. The molecule has 10 nitrogen and oxygen atoms in total. The standard InChI is InChI=1S/C27H29N3O7S/c1-30-25(31)27(29-26(30)28,19-11-13-20(14-12-19)37-38(32,33)16-15-34-2)23-10-6-9-22(24(23)36-4)18-7-5-8-21(17-18)35-3/h5-14,17H,15-16H2,1-4H3,(H2,28,29). The number of benzene rings is 3. The Balaban J connectivity index is 1.86. The zero-order valence-electron chi connectivity index (χ0n) is 21.5. The highest BCUT2D eigenvalue weighted by molar-refractivity contribution is 7.87. The number of carbonyl (C=O) groups excluding carboxylic acids is 1. The van der Waals surface area contributed by atoms with E-state index in [1.807, 2.05) is 36.4 Å². The van der Waals surface area contributed by atoms with Crippen LogP contribution in [0.2, 0.25) is 0 Å². The summed E-state index contributed by atoms with van der Waals surface area (Å²) in [4.78, 5) is 19.7. The van der Waals surface area contributed by atoms with Gasteiger partial charge in [-0.2, -0.15) is 8.42 Å². The first-order valence-electron chi connectivity index (χ1n) is 11.6. The van der Waals surface area contributed by atoms with Crippen LogP contribution in [0.4, 0.5) is 0 Å². The highest BCUT2D eigenvalue weighted by Crippen LogP contribution is 2.47. The number of para-hydroxylation sites is 1. The number of ether oxygens (including phenoxy) is 3. The molecule has 3 aromatic rings. The van der Waals surface area contributed by atoms with E-state index in [9.17, 15) is 13.2 Å². The number of carbonyl (C=O) groups is 1. The molecule has 0 fully saturated rings. The Morgan fingerprint density at radius 3 is 2.26 bits per heavy atom. The van der Waals surface area contributed by atoms with E-state index < -0.39 is 21.6 Å². The maximum absolute atomic E-state index is 13.8. The Morgan fingerprint density at radius 2 is 1.66 bits per heavy atom. The van der Waals surface area contributed by atoms with Crippen molar-refractivity contribution in [3.05, 3.63) is 77.9 Å². The number of hydrogen-bond donors (Lipinski definition) is 1. The predicted molar refractivity (Wildman–Crippen MR) is 143 cm³/mol. The molecule has 1 aliphatic rings. The van der Waals surface area contributed by atoms with Crippen LogP contribution in [0, 0.1) is 0 Å². The van der Waals surface area contributed by atoms with Crippen molar-refractivity contribution in [1.29, 1.82) is 0 Å². The van der Waals surface area contributed by atoms with Gasteiger partial charge in [0, 0.05) is 25.3 Å². The van der Waals surface area contributed by atoms with Gasteiger partial charge in [-0.1, -0.05) is 42.5 Å². The topological polar surface area (TPSA) is 130 Å². The fourth-order valence-corrected chi connectivity index (χ4v) is 5.20. The number of hydrogen-bond acceptors (Lipinski definition) is 9. The van der Waals surface area contributed by atoms with Crippen LogP contribution in [0.15, 0.2) is 71.7 Å². The van der Waals surface area contributed by atoms with E-state index in [1.165, 1.54) is 31.3 Å². The van der Waals surface area contributed by atoms with Crippen LogP contribution in [0.1, 0.15) is 11.1 Å². The summed E-state index contributed by atoms with van der Waals surface area (Å²) in [5.41, 5.74) is 7.03. The molecule has 1 aliphatic heterocycles. The average molecular weight is 540 g/mol. The Kier molecular flexibility index (Phi) is 7.61. The molecule has 4 rings (SSSR count). The summed E-state index contributed by atoms with van der Waals surface area (Å²) >= 11 is 0. The Morgan fingerprint density at radius 1 is 0.947 bits per heavy atom. The van der Waals surface area contributed by atoms with Crippen LogP contribution in [0.3, 0.4) is 0 Å². The molecular weight excluding hydrogens is 510 g/mol. The second-order valence-corrected chi connectivity index (χ2v) is 10.2. The maximum atomic E-state index is 13.8. The molecule has 0 radical (unpaired) electrons. The van der Waals surface area contributed by atoms with E-state index in [0.29, 0.717) is 22.6 Å². The van der Waals surface area contributed by atoms with Crippen molar-refractivity contribution in [2.75, 3.05) is 40.7 Å². The molecule has 0 spiro atoms. The van der Waals surface area contributed by atoms with Crippen molar-refractivity contribution in [3.8, 4) is 28.4 Å². The lowest BCUT2D eigenvalue weighted by molar-refractivity contribution is -0.129. The molecule has 0 aromatic heterocycles. The van der Waals surface area contributed by atoms with E-state index >= 15 is 0 Å². The highest BCUT2D eigenvalue weighted by Gasteiger charge is 2.51. The summed E-state index contributed by atoms with van der Waals surface area (Å²) in [7, 11) is 2.20. The van der Waals surface area contributed by atoms with Gasteiger partial charge in [0.05, 0.1) is 20.8 Å². The monoisotopic (exact) mass is 539 g/mol. The van der Waals surface area contributed by atoms with Crippen molar-refractivity contribution >= 4 is 22.0 Å². The smallest absolute Gasteiger partial charge is 0.311 e. The predicted octanol–water partition coefficient (Wildman–Crippen LogP) is 2.76. The molecule has 11 heteroatoms. The average Bonchev–Trinajstić information content (AvgIpc) is 3.16. The minimum atomic E-state index is -3.86. The zero-order chi connectivity index (χ0) is 27.5. The number of aliphatic imine (C=N–C) groups is 1. The Bertz CT molecular complexity index is 1470. The van der Waals surface area contributed by atoms with E-state index in [1.54, 1.807) is 32.4 Å². The third-order valence-electron chi connectivity index (χ3n) is 6.26. The second-order valence-electron chi connectivity index (χ2n) is 8.53. The minimum absolute atomic E-state index is 0.00177. The number of methoxy groups -OCH3 is 3. The summed E-state index contributed by atoms with van der Waals surface area (Å²) in [5.74, 6) is 0.535. The lowest BCUT2D eigenvalue weighted by atomic mass is 9.81. The molecular formula is C27H29N3O7S. The molecule has 0 aliphatic carbocycles. The SMILES string of the molecule is COCCS(=O)(=O)Oc1ccc(C2(c3cccc(-c4cccc(OC)c4)c3OC)N=C(N)N(C)C2=O)cc1. The first-order chi connectivity index (χ1) is 18.2. The van der Waals surface area contributed by atoms with E-state index in [4.69, 9.17) is 24.1 Å². The number of nitrogens with two attached hydrogens (primary N) is 1. The van der Waals surface area contributed by atoms with Crippen molar-refractivity contribution < 1.29 is 31.6 Å². The number of rotatable bonds is 10. The summed E-state index contributed by atoms with van der Waals surface area (Å²) in [6, 6.07) is 19.0. The fraction of sp³-hybridized carbons (Fsp3) is 0.259. The molecule has 0 bridgehead atoms. The van der Waals surface area contributed by atoms with Crippen molar-refractivity contribution in [1.82, 2.24) is 4.90 Å². The molecule has 1 atom stereocenters. The van der Waals surface area contributed by atoms with Crippen molar-refractivity contribution in [2.45, 2.75) is 5.54 Å². The molecule has 2 N–H and O–H groups in total. The van der Waals surface area contributed by atoms with Gasteiger partial charge < -0.3 is 24.1 Å². The maximum Gasteiger partial charge on any atom is 0.311 e. The highest BCUT2D eigenvalue weighted by atomic mass is 32.2. The number of nitrogens with zero attached hydrogens (tertiary/aromatic N) is 2. The molecule has 0 saturated carbocycles. The van der Waals surface area contributed by atoms with Gasteiger partial charge in [-0.15, -0.1) is 0 Å². The van der Waals surface area contributed by atoms with E-state index in [-0.39, 0.29) is 24.1 Å². The van der Waals surface area contributed by atoms with Crippen LogP contribution in [-0.4, -0.2) is 65.9 Å². The van der Waals surface area contributed by atoms with Crippen LogP contribution in [0.5, 0.6) is 17.2 Å². The molecule has 3 aromatic carbocycles. The zero-order valence-corrected chi connectivity index (χ0v) is 22.3. The second kappa shape index (κ2) is 10.7. The Hall–Kier alpha value is -4.09. The van der Waals surface area contributed by atoms with Crippen LogP contribution >= 0.6 is 0 Å². The van der Waals surface area contributed by atoms with Gasteiger partial charge >= 0.3 is 10.1 Å². The quantitative estimate of drug-likeness (QED) is 0.390. The van der Waals surface area contributed by atoms with Crippen LogP contribution in [0.25, 0.3) is 11.1 Å².